The summed E-state index contributed by atoms with van der Waals surface area (Å²) in [6.45, 7) is 4.64. The molecule has 0 unspecified atom stereocenters. The van der Waals surface area contributed by atoms with Gasteiger partial charge in [0.05, 0.1) is 28.5 Å². The summed E-state index contributed by atoms with van der Waals surface area (Å²) in [5.74, 6) is -0.494. The van der Waals surface area contributed by atoms with E-state index in [-0.39, 0.29) is 12.2 Å². The third-order valence-corrected chi connectivity index (χ3v) is 10.7. The van der Waals surface area contributed by atoms with Crippen molar-refractivity contribution in [3.8, 4) is 0 Å². The van der Waals surface area contributed by atoms with Gasteiger partial charge < -0.3 is 9.30 Å². The molecule has 0 amide bonds. The van der Waals surface area contributed by atoms with Crippen LogP contribution in [0.1, 0.15) is 40.9 Å². The summed E-state index contributed by atoms with van der Waals surface area (Å²) in [5.41, 5.74) is 6.26. The van der Waals surface area contributed by atoms with E-state index in [1.54, 1.807) is 23.3 Å². The highest BCUT2D eigenvalue weighted by Crippen LogP contribution is 2.36. The highest BCUT2D eigenvalue weighted by Gasteiger charge is 2.35. The van der Waals surface area contributed by atoms with E-state index in [1.807, 2.05) is 103 Å². The second-order valence-corrected chi connectivity index (χ2v) is 13.7. The Labute approximate surface area is 291 Å². The topological polar surface area (TPSA) is 65.6 Å². The largest absolute Gasteiger partial charge is 0.463 e. The minimum Gasteiger partial charge on any atom is -0.463 e. The molecule has 0 spiro atoms. The van der Waals surface area contributed by atoms with Gasteiger partial charge in [0.1, 0.15) is 0 Å². The van der Waals surface area contributed by atoms with Crippen LogP contribution in [0.4, 0.5) is 0 Å². The van der Waals surface area contributed by atoms with Gasteiger partial charge in [-0.05, 0) is 61.6 Å². The number of carbonyl (C=O) groups is 1. The zero-order valence-electron chi connectivity index (χ0n) is 26.6. The van der Waals surface area contributed by atoms with Crippen molar-refractivity contribution in [2.24, 2.45) is 4.99 Å². The molecule has 1 atom stereocenters. The molecular weight excluding hydrogens is 658 g/mol. The summed E-state index contributed by atoms with van der Waals surface area (Å²) in [6, 6.07) is 32.9. The number of esters is 1. The SMILES string of the molecule is CCOC(=O)C1=C(c2ccccc2)N=c2s/c(=C/c3c(C)n(Cc4ccccc4Cl)c4ccccc34)c(=O)n2[C@H]1c1ccc(SC)cc1. The number of benzene rings is 4. The Bertz CT molecular complexity index is 2390. The van der Waals surface area contributed by atoms with Crippen LogP contribution in [0.2, 0.25) is 5.02 Å². The number of carbonyl (C=O) groups excluding carboxylic acids is 1. The highest BCUT2D eigenvalue weighted by molar-refractivity contribution is 7.98. The van der Waals surface area contributed by atoms with E-state index in [4.69, 9.17) is 21.3 Å². The number of aromatic nitrogens is 2. The molecule has 6 nitrogen and oxygen atoms in total. The molecule has 0 saturated heterocycles. The molecule has 1 aliphatic rings. The van der Waals surface area contributed by atoms with E-state index in [0.717, 1.165) is 43.7 Å². The van der Waals surface area contributed by atoms with Crippen molar-refractivity contribution in [2.45, 2.75) is 31.3 Å². The number of rotatable bonds is 8. The van der Waals surface area contributed by atoms with Crippen LogP contribution in [-0.4, -0.2) is 28.0 Å². The average molecular weight is 690 g/mol. The fraction of sp³-hybridized carbons (Fsp3) is 0.154. The second kappa shape index (κ2) is 13.5. The van der Waals surface area contributed by atoms with Crippen molar-refractivity contribution in [2.75, 3.05) is 12.9 Å². The van der Waals surface area contributed by atoms with Gasteiger partial charge in [-0.15, -0.1) is 11.8 Å². The van der Waals surface area contributed by atoms with Crippen molar-refractivity contribution in [3.05, 3.63) is 161 Å². The lowest BCUT2D eigenvalue weighted by Crippen LogP contribution is -2.40. The number of hydrogen-bond acceptors (Lipinski definition) is 6. The maximum atomic E-state index is 14.6. The van der Waals surface area contributed by atoms with Crippen molar-refractivity contribution in [1.29, 1.82) is 0 Å². The van der Waals surface area contributed by atoms with Gasteiger partial charge in [-0.25, -0.2) is 9.79 Å². The van der Waals surface area contributed by atoms with Gasteiger partial charge in [0.2, 0.25) is 0 Å². The first kappa shape index (κ1) is 31.9. The molecule has 48 heavy (non-hydrogen) atoms. The maximum Gasteiger partial charge on any atom is 0.338 e. The minimum absolute atomic E-state index is 0.199. The molecule has 0 saturated carbocycles. The van der Waals surface area contributed by atoms with E-state index < -0.39 is 12.0 Å². The molecule has 0 fully saturated rings. The van der Waals surface area contributed by atoms with E-state index >= 15 is 0 Å². The monoisotopic (exact) mass is 689 g/mol. The first-order valence-electron chi connectivity index (χ1n) is 15.6. The van der Waals surface area contributed by atoms with Gasteiger partial charge in [0, 0.05) is 44.2 Å². The summed E-state index contributed by atoms with van der Waals surface area (Å²) in [4.78, 5) is 35.0. The predicted molar refractivity (Wildman–Crippen MR) is 197 cm³/mol. The van der Waals surface area contributed by atoms with Gasteiger partial charge in [-0.3, -0.25) is 9.36 Å². The molecule has 0 aliphatic carbocycles. The lowest BCUT2D eigenvalue weighted by molar-refractivity contribution is -0.138. The number of halogens is 1. The molecule has 0 radical (unpaired) electrons. The standard InChI is InChI=1S/C39H32ClN3O3S2/c1-4-46-38(45)34-35(25-12-6-5-7-13-25)41-39-43(36(34)26-18-20-28(47-3)21-19-26)37(44)33(48-39)22-30-24(2)42(32-17-11-9-15-29(30)32)23-27-14-8-10-16-31(27)40/h5-22,36H,4,23H2,1-3H3/b33-22+/t36-/m0/s1. The van der Waals surface area contributed by atoms with Gasteiger partial charge in [-0.1, -0.05) is 102 Å². The first-order chi connectivity index (χ1) is 23.4. The Morgan fingerprint density at radius 2 is 1.69 bits per heavy atom. The molecule has 3 heterocycles. The molecule has 0 bridgehead atoms. The van der Waals surface area contributed by atoms with Crippen molar-refractivity contribution in [1.82, 2.24) is 9.13 Å². The van der Waals surface area contributed by atoms with Gasteiger partial charge in [0.25, 0.3) is 5.56 Å². The smallest absolute Gasteiger partial charge is 0.338 e. The molecule has 6 aromatic rings. The fourth-order valence-corrected chi connectivity index (χ4v) is 7.90. The van der Waals surface area contributed by atoms with Crippen LogP contribution in [0.25, 0.3) is 22.7 Å². The van der Waals surface area contributed by atoms with Crippen molar-refractivity contribution < 1.29 is 9.53 Å². The van der Waals surface area contributed by atoms with Gasteiger partial charge in [0.15, 0.2) is 4.80 Å². The van der Waals surface area contributed by atoms with Crippen LogP contribution in [0.3, 0.4) is 0 Å². The van der Waals surface area contributed by atoms with E-state index in [2.05, 4.69) is 23.6 Å². The molecule has 240 valence electrons. The molecule has 2 aromatic heterocycles. The lowest BCUT2D eigenvalue weighted by atomic mass is 9.93. The second-order valence-electron chi connectivity index (χ2n) is 11.4. The van der Waals surface area contributed by atoms with Crippen LogP contribution in [-0.2, 0) is 16.1 Å². The quantitative estimate of drug-likeness (QED) is 0.122. The summed E-state index contributed by atoms with van der Waals surface area (Å²) >= 11 is 9.53. The molecule has 0 N–H and O–H groups in total. The maximum absolute atomic E-state index is 14.6. The molecule has 7 rings (SSSR count). The van der Waals surface area contributed by atoms with Gasteiger partial charge in [-0.2, -0.15) is 0 Å². The lowest BCUT2D eigenvalue weighted by Gasteiger charge is -2.26. The summed E-state index contributed by atoms with van der Waals surface area (Å²) in [7, 11) is 0. The Morgan fingerprint density at radius 1 is 0.979 bits per heavy atom. The summed E-state index contributed by atoms with van der Waals surface area (Å²) < 4.78 is 10.0. The predicted octanol–water partition coefficient (Wildman–Crippen LogP) is 7.62. The number of thiazole rings is 1. The van der Waals surface area contributed by atoms with E-state index in [9.17, 15) is 9.59 Å². The van der Waals surface area contributed by atoms with Crippen LogP contribution in [0, 0.1) is 6.92 Å². The Balaban J connectivity index is 1.47. The number of thioether (sulfide) groups is 1. The number of fused-ring (bicyclic) bond motifs is 2. The fourth-order valence-electron chi connectivity index (χ4n) is 6.31. The Kier molecular flexibility index (Phi) is 8.96. The Hall–Kier alpha value is -4.63. The van der Waals surface area contributed by atoms with Crippen LogP contribution >= 0.6 is 34.7 Å². The molecule has 9 heteroatoms. The number of nitrogens with zero attached hydrogens (tertiary/aromatic N) is 3. The van der Waals surface area contributed by atoms with E-state index in [1.165, 1.54) is 11.3 Å². The van der Waals surface area contributed by atoms with Crippen LogP contribution in [0.15, 0.2) is 123 Å². The zero-order valence-corrected chi connectivity index (χ0v) is 29.0. The van der Waals surface area contributed by atoms with Crippen LogP contribution < -0.4 is 14.9 Å². The minimum atomic E-state index is -0.726. The average Bonchev–Trinajstić information content (AvgIpc) is 3.57. The summed E-state index contributed by atoms with van der Waals surface area (Å²) in [6.07, 6.45) is 3.98. The number of ether oxygens (including phenoxy) is 1. The molecule has 1 aliphatic heterocycles. The molecule has 4 aromatic carbocycles. The van der Waals surface area contributed by atoms with Crippen molar-refractivity contribution >= 4 is 63.3 Å². The third-order valence-electron chi connectivity index (χ3n) is 8.65. The van der Waals surface area contributed by atoms with E-state index in [0.29, 0.717) is 32.2 Å². The highest BCUT2D eigenvalue weighted by atomic mass is 35.5. The normalized spacial score (nSPS) is 14.7. The first-order valence-corrected chi connectivity index (χ1v) is 18.0. The third kappa shape index (κ3) is 5.74. The Morgan fingerprint density at radius 3 is 2.42 bits per heavy atom. The molecular formula is C39H32ClN3O3S2. The van der Waals surface area contributed by atoms with Crippen LogP contribution in [0.5, 0.6) is 0 Å². The zero-order chi connectivity index (χ0) is 33.4. The number of para-hydroxylation sites is 1. The van der Waals surface area contributed by atoms with Crippen molar-refractivity contribution in [3.63, 3.8) is 0 Å². The summed E-state index contributed by atoms with van der Waals surface area (Å²) in [5, 5.41) is 1.75. The van der Waals surface area contributed by atoms with Gasteiger partial charge >= 0.3 is 5.97 Å². The number of hydrogen-bond donors (Lipinski definition) is 0.